The molecule has 0 radical (unpaired) electrons. The highest BCUT2D eigenvalue weighted by Crippen LogP contribution is 2.29. The lowest BCUT2D eigenvalue weighted by Crippen LogP contribution is -2.42. The van der Waals surface area contributed by atoms with E-state index in [1.54, 1.807) is 11.1 Å². The van der Waals surface area contributed by atoms with Crippen LogP contribution in [-0.4, -0.2) is 38.8 Å². The maximum absolute atomic E-state index is 13.4. The van der Waals surface area contributed by atoms with Crippen LogP contribution in [0.2, 0.25) is 0 Å². The van der Waals surface area contributed by atoms with Gasteiger partial charge in [0.05, 0.1) is 22.5 Å². The number of thiophene rings is 1. The van der Waals surface area contributed by atoms with Gasteiger partial charge in [-0.2, -0.15) is 0 Å². The summed E-state index contributed by atoms with van der Waals surface area (Å²) in [7, 11) is 0. The first-order valence-corrected chi connectivity index (χ1v) is 9.27. The second kappa shape index (κ2) is 6.60. The number of anilines is 1. The number of carbonyl (C=O) groups is 1. The van der Waals surface area contributed by atoms with Crippen molar-refractivity contribution in [3.8, 4) is 0 Å². The third kappa shape index (κ3) is 3.12. The Hall–Kier alpha value is -2.61. The van der Waals surface area contributed by atoms with Crippen molar-refractivity contribution in [2.24, 2.45) is 0 Å². The average molecular weight is 371 g/mol. The van der Waals surface area contributed by atoms with Crippen molar-refractivity contribution in [1.82, 2.24) is 19.9 Å². The third-order valence-corrected chi connectivity index (χ3v) is 5.46. The number of nitrogens with one attached hydrogen (secondary N) is 1. The van der Waals surface area contributed by atoms with Gasteiger partial charge < -0.3 is 10.2 Å². The predicted molar refractivity (Wildman–Crippen MR) is 98.9 cm³/mol. The number of pyridine rings is 1. The highest BCUT2D eigenvalue weighted by molar-refractivity contribution is 7.19. The van der Waals surface area contributed by atoms with Crippen LogP contribution in [0, 0.1) is 12.7 Å². The molecule has 8 heteroatoms. The van der Waals surface area contributed by atoms with E-state index in [9.17, 15) is 9.18 Å². The van der Waals surface area contributed by atoms with Crippen molar-refractivity contribution in [3.63, 3.8) is 0 Å². The number of rotatable bonds is 4. The van der Waals surface area contributed by atoms with E-state index in [-0.39, 0.29) is 11.9 Å². The van der Waals surface area contributed by atoms with Gasteiger partial charge in [-0.3, -0.25) is 9.78 Å². The largest absolute Gasteiger partial charge is 0.348 e. The molecular weight excluding hydrogens is 353 g/mol. The number of aryl methyl sites for hydroxylation is 1. The maximum atomic E-state index is 13.4. The number of hydrogen-bond donors (Lipinski definition) is 1. The van der Waals surface area contributed by atoms with Crippen LogP contribution in [0.4, 0.5) is 10.3 Å². The number of hydrogen-bond acceptors (Lipinski definition) is 6. The summed E-state index contributed by atoms with van der Waals surface area (Å²) in [4.78, 5) is 28.5. The normalized spacial score (nSPS) is 15.0. The summed E-state index contributed by atoms with van der Waals surface area (Å²) >= 11 is 1.53. The van der Waals surface area contributed by atoms with Crippen LogP contribution < -0.4 is 5.32 Å². The lowest BCUT2D eigenvalue weighted by molar-refractivity contribution is 0.0648. The molecule has 6 nitrogen and oxygen atoms in total. The molecule has 0 spiro atoms. The summed E-state index contributed by atoms with van der Waals surface area (Å²) in [6.45, 7) is 5.39. The zero-order valence-electron chi connectivity index (χ0n) is 14.5. The summed E-state index contributed by atoms with van der Waals surface area (Å²) in [5, 5.41) is 3.16. The van der Waals surface area contributed by atoms with Crippen molar-refractivity contribution in [2.75, 3.05) is 18.4 Å². The van der Waals surface area contributed by atoms with E-state index in [1.165, 1.54) is 17.4 Å². The van der Waals surface area contributed by atoms with Gasteiger partial charge in [0.2, 0.25) is 5.95 Å². The fourth-order valence-electron chi connectivity index (χ4n) is 2.87. The molecule has 1 unspecified atom stereocenters. The third-order valence-electron chi connectivity index (χ3n) is 4.41. The summed E-state index contributed by atoms with van der Waals surface area (Å²) in [5.41, 5.74) is 1.86. The molecule has 1 N–H and O–H groups in total. The Kier molecular flexibility index (Phi) is 4.28. The molecule has 1 amide bonds. The van der Waals surface area contributed by atoms with E-state index < -0.39 is 5.82 Å². The van der Waals surface area contributed by atoms with Crippen LogP contribution in [0.1, 0.15) is 40.3 Å². The van der Waals surface area contributed by atoms with Gasteiger partial charge in [0.15, 0.2) is 5.69 Å². The first-order chi connectivity index (χ1) is 12.5. The summed E-state index contributed by atoms with van der Waals surface area (Å²) in [6.07, 6.45) is 3.79. The molecule has 1 atom stereocenters. The molecule has 0 saturated carbocycles. The monoisotopic (exact) mass is 371 g/mol. The smallest absolute Gasteiger partial charge is 0.274 e. The van der Waals surface area contributed by atoms with Crippen molar-refractivity contribution in [3.05, 3.63) is 46.5 Å². The molecule has 4 rings (SSSR count). The van der Waals surface area contributed by atoms with E-state index in [0.29, 0.717) is 17.2 Å². The molecule has 1 saturated heterocycles. The minimum absolute atomic E-state index is 0.0615. The van der Waals surface area contributed by atoms with Crippen LogP contribution >= 0.6 is 11.3 Å². The van der Waals surface area contributed by atoms with Gasteiger partial charge >= 0.3 is 0 Å². The SMILES string of the molecule is Cc1cc2nc(NC(C)c3cncc(F)c3)nc(C(=O)N3CCC3)c2s1. The number of aromatic nitrogens is 3. The molecule has 0 aliphatic carbocycles. The number of likely N-dealkylation sites (tertiary alicyclic amines) is 1. The van der Waals surface area contributed by atoms with Crippen LogP contribution in [0.15, 0.2) is 24.5 Å². The number of carbonyl (C=O) groups excluding carboxylic acids is 1. The first-order valence-electron chi connectivity index (χ1n) is 8.45. The quantitative estimate of drug-likeness (QED) is 0.759. The fourth-order valence-corrected chi connectivity index (χ4v) is 3.80. The lowest BCUT2D eigenvalue weighted by atomic mass is 10.1. The van der Waals surface area contributed by atoms with Gasteiger partial charge in [0, 0.05) is 24.2 Å². The molecular formula is C18H18FN5OS. The van der Waals surface area contributed by atoms with E-state index in [4.69, 9.17) is 0 Å². The molecule has 1 fully saturated rings. The van der Waals surface area contributed by atoms with Gasteiger partial charge in [0.25, 0.3) is 5.91 Å². The maximum Gasteiger partial charge on any atom is 0.274 e. The van der Waals surface area contributed by atoms with Crippen LogP contribution in [-0.2, 0) is 0 Å². The molecule has 0 aromatic carbocycles. The summed E-state index contributed by atoms with van der Waals surface area (Å²) < 4.78 is 14.2. The Morgan fingerprint density at radius 2 is 2.12 bits per heavy atom. The zero-order valence-corrected chi connectivity index (χ0v) is 15.3. The molecule has 3 aromatic rings. The number of fused-ring (bicyclic) bond motifs is 1. The molecule has 3 aromatic heterocycles. The van der Waals surface area contributed by atoms with E-state index in [2.05, 4.69) is 20.3 Å². The van der Waals surface area contributed by atoms with Crippen molar-refractivity contribution < 1.29 is 9.18 Å². The molecule has 134 valence electrons. The number of halogens is 1. The zero-order chi connectivity index (χ0) is 18.3. The highest BCUT2D eigenvalue weighted by Gasteiger charge is 2.26. The Balaban J connectivity index is 1.69. The Morgan fingerprint density at radius 3 is 2.81 bits per heavy atom. The van der Waals surface area contributed by atoms with Crippen molar-refractivity contribution in [1.29, 1.82) is 0 Å². The molecule has 4 heterocycles. The van der Waals surface area contributed by atoms with Gasteiger partial charge in [-0.1, -0.05) is 0 Å². The summed E-state index contributed by atoms with van der Waals surface area (Å²) in [5.74, 6) is -0.0980. The Morgan fingerprint density at radius 1 is 1.31 bits per heavy atom. The second-order valence-corrected chi connectivity index (χ2v) is 7.67. The Labute approximate surface area is 154 Å². The first kappa shape index (κ1) is 16.8. The van der Waals surface area contributed by atoms with Crippen LogP contribution in [0.5, 0.6) is 0 Å². The predicted octanol–water partition coefficient (Wildman–Crippen LogP) is 3.55. The van der Waals surface area contributed by atoms with Gasteiger partial charge in [-0.05, 0) is 38.0 Å². The van der Waals surface area contributed by atoms with Crippen LogP contribution in [0.3, 0.4) is 0 Å². The minimum Gasteiger partial charge on any atom is -0.348 e. The standard InChI is InChI=1S/C18H18FN5OS/c1-10-6-14-16(26-10)15(17(25)24-4-3-5-24)23-18(22-14)21-11(2)12-7-13(19)9-20-8-12/h6-9,11H,3-5H2,1-2H3,(H,21,22,23). The topological polar surface area (TPSA) is 71.0 Å². The van der Waals surface area contributed by atoms with Gasteiger partial charge in [-0.15, -0.1) is 11.3 Å². The number of nitrogens with zero attached hydrogens (tertiary/aromatic N) is 4. The van der Waals surface area contributed by atoms with Crippen molar-refractivity contribution in [2.45, 2.75) is 26.3 Å². The minimum atomic E-state index is -0.394. The van der Waals surface area contributed by atoms with Gasteiger partial charge in [0.1, 0.15) is 5.82 Å². The van der Waals surface area contributed by atoms with E-state index in [0.717, 1.165) is 40.8 Å². The van der Waals surface area contributed by atoms with Gasteiger partial charge in [-0.25, -0.2) is 14.4 Å². The molecule has 1 aliphatic heterocycles. The Bertz CT molecular complexity index is 985. The van der Waals surface area contributed by atoms with Crippen LogP contribution in [0.25, 0.3) is 10.2 Å². The molecule has 0 bridgehead atoms. The fraction of sp³-hybridized carbons (Fsp3) is 0.333. The second-order valence-electron chi connectivity index (χ2n) is 6.42. The molecule has 1 aliphatic rings. The van der Waals surface area contributed by atoms with E-state index >= 15 is 0 Å². The summed E-state index contributed by atoms with van der Waals surface area (Å²) in [6, 6.07) is 3.13. The van der Waals surface area contributed by atoms with Crippen molar-refractivity contribution >= 4 is 33.4 Å². The average Bonchev–Trinajstić information content (AvgIpc) is 2.92. The molecule has 26 heavy (non-hydrogen) atoms. The van der Waals surface area contributed by atoms with E-state index in [1.807, 2.05) is 19.9 Å². The lowest BCUT2D eigenvalue weighted by Gasteiger charge is -2.30. The number of amides is 1. The highest BCUT2D eigenvalue weighted by atomic mass is 32.1.